The molecule has 1 aliphatic carbocycles. The average molecular weight is 397 g/mol. The van der Waals surface area contributed by atoms with E-state index in [0.717, 1.165) is 12.1 Å². The summed E-state index contributed by atoms with van der Waals surface area (Å²) in [6, 6.07) is 10.3. The Bertz CT molecular complexity index is 868. The first-order chi connectivity index (χ1) is 13.1. The Kier molecular flexibility index (Phi) is 5.10. The van der Waals surface area contributed by atoms with Gasteiger partial charge >= 0.3 is 6.36 Å². The van der Waals surface area contributed by atoms with Crippen molar-refractivity contribution in [2.24, 2.45) is 0 Å². The van der Waals surface area contributed by atoms with Gasteiger partial charge in [-0.05, 0) is 41.8 Å². The third-order valence-corrected chi connectivity index (χ3v) is 4.81. The van der Waals surface area contributed by atoms with E-state index in [9.17, 15) is 27.5 Å². The van der Waals surface area contributed by atoms with Gasteiger partial charge in [0.15, 0.2) is 0 Å². The number of halogens is 4. The molecule has 1 amide bonds. The Morgan fingerprint density at radius 2 is 1.86 bits per heavy atom. The molecule has 0 saturated heterocycles. The molecule has 1 aliphatic rings. The topological polar surface area (TPSA) is 58.6 Å². The molecule has 3 rings (SSSR count). The number of amides is 1. The maximum atomic E-state index is 13.3. The first-order valence-corrected chi connectivity index (χ1v) is 8.75. The Morgan fingerprint density at radius 3 is 2.46 bits per heavy atom. The molecule has 1 saturated carbocycles. The van der Waals surface area contributed by atoms with E-state index in [-0.39, 0.29) is 24.3 Å². The smallest absolute Gasteiger partial charge is 0.406 e. The normalized spacial score (nSPS) is 23.9. The molecule has 2 unspecified atom stereocenters. The maximum absolute atomic E-state index is 13.3. The van der Waals surface area contributed by atoms with Crippen molar-refractivity contribution in [3.63, 3.8) is 0 Å². The van der Waals surface area contributed by atoms with Gasteiger partial charge < -0.3 is 15.2 Å². The van der Waals surface area contributed by atoms with Crippen molar-refractivity contribution in [3.8, 4) is 5.75 Å². The highest BCUT2D eigenvalue weighted by Crippen LogP contribution is 2.62. The Morgan fingerprint density at radius 1 is 1.18 bits per heavy atom. The Balaban J connectivity index is 2.01. The van der Waals surface area contributed by atoms with Crippen LogP contribution in [0, 0.1) is 5.82 Å². The van der Waals surface area contributed by atoms with E-state index in [2.05, 4.69) is 10.1 Å². The SMILES string of the molecule is CCCC(=O)NC1(c2cccc(OC(F)(F)F)c2)CC1(O)c1ccc(F)cc1. The number of carbonyl (C=O) groups excluding carboxylic acids is 1. The maximum Gasteiger partial charge on any atom is 0.573 e. The highest BCUT2D eigenvalue weighted by atomic mass is 19.4. The quantitative estimate of drug-likeness (QED) is 0.721. The fraction of sp³-hybridized carbons (Fsp3) is 0.350. The van der Waals surface area contributed by atoms with Gasteiger partial charge in [0.05, 0.1) is 0 Å². The number of rotatable bonds is 6. The second-order valence-corrected chi connectivity index (χ2v) is 6.82. The van der Waals surface area contributed by atoms with Crippen molar-refractivity contribution >= 4 is 5.91 Å². The molecule has 0 heterocycles. The van der Waals surface area contributed by atoms with Gasteiger partial charge in [0.2, 0.25) is 5.91 Å². The number of alkyl halides is 3. The van der Waals surface area contributed by atoms with Crippen LogP contribution >= 0.6 is 0 Å². The summed E-state index contributed by atoms with van der Waals surface area (Å²) in [5.41, 5.74) is -2.29. The monoisotopic (exact) mass is 397 g/mol. The van der Waals surface area contributed by atoms with Crippen LogP contribution in [0.25, 0.3) is 0 Å². The van der Waals surface area contributed by atoms with E-state index in [1.54, 1.807) is 0 Å². The van der Waals surface area contributed by atoms with E-state index in [0.29, 0.717) is 12.0 Å². The second kappa shape index (κ2) is 7.09. The zero-order chi connectivity index (χ0) is 20.6. The molecule has 8 heteroatoms. The number of aliphatic hydroxyl groups is 1. The van der Waals surface area contributed by atoms with Crippen LogP contribution in [0.2, 0.25) is 0 Å². The van der Waals surface area contributed by atoms with Crippen molar-refractivity contribution in [1.29, 1.82) is 0 Å². The lowest BCUT2D eigenvalue weighted by atomic mass is 9.95. The summed E-state index contributed by atoms with van der Waals surface area (Å²) in [4.78, 5) is 12.3. The van der Waals surface area contributed by atoms with Gasteiger partial charge in [-0.25, -0.2) is 4.39 Å². The predicted molar refractivity (Wildman–Crippen MR) is 92.8 cm³/mol. The van der Waals surface area contributed by atoms with Crippen LogP contribution < -0.4 is 10.1 Å². The molecule has 4 nitrogen and oxygen atoms in total. The Labute approximate surface area is 159 Å². The second-order valence-electron chi connectivity index (χ2n) is 6.82. The molecule has 0 aliphatic heterocycles. The summed E-state index contributed by atoms with van der Waals surface area (Å²) in [5, 5.41) is 14.0. The minimum absolute atomic E-state index is 0.0383. The third-order valence-electron chi connectivity index (χ3n) is 4.81. The third kappa shape index (κ3) is 3.82. The lowest BCUT2D eigenvalue weighted by Gasteiger charge is -2.25. The highest BCUT2D eigenvalue weighted by Gasteiger charge is 2.69. The number of hydrogen-bond acceptors (Lipinski definition) is 3. The van der Waals surface area contributed by atoms with Crippen LogP contribution in [0.4, 0.5) is 17.6 Å². The van der Waals surface area contributed by atoms with Gasteiger partial charge in [0, 0.05) is 12.8 Å². The summed E-state index contributed by atoms with van der Waals surface area (Å²) in [6.45, 7) is 1.81. The number of hydrogen-bond donors (Lipinski definition) is 2. The lowest BCUT2D eigenvalue weighted by Crippen LogP contribution is -2.41. The molecule has 1 fully saturated rings. The summed E-state index contributed by atoms with van der Waals surface area (Å²) >= 11 is 0. The first kappa shape index (κ1) is 20.1. The number of benzene rings is 2. The predicted octanol–water partition coefficient (Wildman–Crippen LogP) is 4.13. The zero-order valence-electron chi connectivity index (χ0n) is 15.0. The number of carbonyl (C=O) groups is 1. The average Bonchev–Trinajstić information content (AvgIpc) is 3.21. The molecule has 2 N–H and O–H groups in total. The van der Waals surface area contributed by atoms with E-state index in [1.807, 2.05) is 6.92 Å². The molecule has 150 valence electrons. The Hall–Kier alpha value is -2.61. The highest BCUT2D eigenvalue weighted by molar-refractivity contribution is 5.78. The molecule has 0 aromatic heterocycles. The molecule has 0 spiro atoms. The van der Waals surface area contributed by atoms with Gasteiger partial charge in [0.1, 0.15) is 22.7 Å². The fourth-order valence-corrected chi connectivity index (χ4v) is 3.46. The number of ether oxygens (including phenoxy) is 1. The van der Waals surface area contributed by atoms with Crippen molar-refractivity contribution in [1.82, 2.24) is 5.32 Å². The van der Waals surface area contributed by atoms with E-state index < -0.39 is 29.1 Å². The van der Waals surface area contributed by atoms with Gasteiger partial charge in [-0.2, -0.15) is 0 Å². The van der Waals surface area contributed by atoms with Gasteiger partial charge in [-0.1, -0.05) is 31.2 Å². The van der Waals surface area contributed by atoms with Gasteiger partial charge in [-0.3, -0.25) is 4.79 Å². The van der Waals surface area contributed by atoms with Crippen molar-refractivity contribution in [3.05, 3.63) is 65.5 Å². The molecule has 2 atom stereocenters. The summed E-state index contributed by atoms with van der Waals surface area (Å²) in [5.74, 6) is -1.29. The lowest BCUT2D eigenvalue weighted by molar-refractivity contribution is -0.274. The molecule has 2 aromatic rings. The van der Waals surface area contributed by atoms with Crippen molar-refractivity contribution in [2.75, 3.05) is 0 Å². The molecule has 28 heavy (non-hydrogen) atoms. The summed E-state index contributed by atoms with van der Waals surface area (Å²) in [6.07, 6.45) is -4.07. The zero-order valence-corrected chi connectivity index (χ0v) is 15.0. The minimum atomic E-state index is -4.87. The first-order valence-electron chi connectivity index (χ1n) is 8.75. The van der Waals surface area contributed by atoms with Crippen LogP contribution in [0.3, 0.4) is 0 Å². The van der Waals surface area contributed by atoms with E-state index >= 15 is 0 Å². The number of nitrogens with one attached hydrogen (secondary N) is 1. The van der Waals surface area contributed by atoms with Crippen LogP contribution in [-0.2, 0) is 15.9 Å². The van der Waals surface area contributed by atoms with Crippen LogP contribution in [0.1, 0.15) is 37.3 Å². The van der Waals surface area contributed by atoms with Crippen LogP contribution in [0.5, 0.6) is 5.75 Å². The van der Waals surface area contributed by atoms with Gasteiger partial charge in [0.25, 0.3) is 0 Å². The van der Waals surface area contributed by atoms with Crippen molar-refractivity contribution < 1.29 is 32.2 Å². The van der Waals surface area contributed by atoms with E-state index in [1.165, 1.54) is 36.4 Å². The van der Waals surface area contributed by atoms with Crippen molar-refractivity contribution in [2.45, 2.75) is 43.7 Å². The molecular formula is C20H19F4NO3. The van der Waals surface area contributed by atoms with Gasteiger partial charge in [-0.15, -0.1) is 13.2 Å². The largest absolute Gasteiger partial charge is 0.573 e. The molecular weight excluding hydrogens is 378 g/mol. The molecule has 2 aromatic carbocycles. The molecule has 0 radical (unpaired) electrons. The summed E-state index contributed by atoms with van der Waals surface area (Å²) < 4.78 is 54.9. The van der Waals surface area contributed by atoms with E-state index in [4.69, 9.17) is 0 Å². The van der Waals surface area contributed by atoms with Crippen LogP contribution in [0.15, 0.2) is 48.5 Å². The summed E-state index contributed by atoms with van der Waals surface area (Å²) in [7, 11) is 0. The van der Waals surface area contributed by atoms with Crippen LogP contribution in [-0.4, -0.2) is 17.4 Å². The standard InChI is InChI=1S/C20H19F4NO3/c1-2-4-17(26)25-18(12-19(18,27)13-7-9-15(21)10-8-13)14-5-3-6-16(11-14)28-20(22,23)24/h3,5-11,27H,2,4,12H2,1H3,(H,25,26). The minimum Gasteiger partial charge on any atom is -0.406 e. The molecule has 0 bridgehead atoms. The fourth-order valence-electron chi connectivity index (χ4n) is 3.46.